The third-order valence-electron chi connectivity index (χ3n) is 6.90. The van der Waals surface area contributed by atoms with Gasteiger partial charge in [-0.3, -0.25) is 9.69 Å². The fraction of sp³-hybridized carbons (Fsp3) is 0.519. The van der Waals surface area contributed by atoms with E-state index in [1.165, 1.54) is 5.56 Å². The van der Waals surface area contributed by atoms with Crippen LogP contribution in [-0.4, -0.2) is 60.6 Å². The van der Waals surface area contributed by atoms with Gasteiger partial charge < -0.3 is 14.4 Å². The van der Waals surface area contributed by atoms with Gasteiger partial charge in [0, 0.05) is 31.7 Å². The van der Waals surface area contributed by atoms with Crippen molar-refractivity contribution in [3.05, 3.63) is 65.2 Å². The van der Waals surface area contributed by atoms with Crippen molar-refractivity contribution in [1.29, 1.82) is 0 Å². The number of piperidine rings is 1. The Bertz CT molecular complexity index is 906. The molecule has 1 unspecified atom stereocenters. The summed E-state index contributed by atoms with van der Waals surface area (Å²) in [5.74, 6) is 0.992. The quantitative estimate of drug-likeness (QED) is 0.657. The van der Waals surface area contributed by atoms with E-state index in [0.717, 1.165) is 68.9 Å². The zero-order chi connectivity index (χ0) is 22.6. The van der Waals surface area contributed by atoms with Crippen molar-refractivity contribution in [2.45, 2.75) is 51.7 Å². The fourth-order valence-electron chi connectivity index (χ4n) is 5.03. The zero-order valence-electron chi connectivity index (χ0n) is 19.7. The summed E-state index contributed by atoms with van der Waals surface area (Å²) < 4.78 is 12.5. The van der Waals surface area contributed by atoms with Crippen LogP contribution in [0.5, 0.6) is 5.75 Å². The largest absolute Gasteiger partial charge is 0.494 e. The smallest absolute Gasteiger partial charge is 0.253 e. The van der Waals surface area contributed by atoms with Crippen LogP contribution in [0.3, 0.4) is 0 Å². The molecule has 2 aliphatic rings. The molecular formula is C27H36N2O3. The second-order valence-electron chi connectivity index (χ2n) is 8.93. The van der Waals surface area contributed by atoms with Crippen molar-refractivity contribution in [2.75, 3.05) is 39.3 Å². The maximum absolute atomic E-state index is 13.2. The monoisotopic (exact) mass is 436 g/mol. The number of carbonyl (C=O) groups is 1. The normalized spacial score (nSPS) is 21.0. The first kappa shape index (κ1) is 22.8. The maximum atomic E-state index is 13.2. The standard InChI is InChI=1S/C27H36N2O3/c1-4-21-18-23(12-13-24(21)31-6-3)26(30)29-16-14-27(15-17-29)20-28(5-2)19-25(32-27)22-10-8-7-9-11-22/h7-13,18,25H,4-6,14-17,19-20H2,1-3H3. The molecule has 1 spiro atoms. The van der Waals surface area contributed by atoms with E-state index in [1.807, 2.05) is 30.0 Å². The summed E-state index contributed by atoms with van der Waals surface area (Å²) in [6.45, 7) is 11.3. The SMILES string of the molecule is CCOc1ccc(C(=O)N2CCC3(CC2)CN(CC)CC(c2ccccc2)O3)cc1CC. The van der Waals surface area contributed by atoms with Gasteiger partial charge in [0.15, 0.2) is 0 Å². The molecule has 2 saturated heterocycles. The molecule has 0 saturated carbocycles. The van der Waals surface area contributed by atoms with E-state index in [9.17, 15) is 4.79 Å². The Labute approximate surface area is 192 Å². The zero-order valence-corrected chi connectivity index (χ0v) is 19.7. The third kappa shape index (κ3) is 4.84. The van der Waals surface area contributed by atoms with Crippen LogP contribution < -0.4 is 4.74 Å². The lowest BCUT2D eigenvalue weighted by Crippen LogP contribution is -2.58. The van der Waals surface area contributed by atoms with Gasteiger partial charge >= 0.3 is 0 Å². The van der Waals surface area contributed by atoms with Crippen molar-refractivity contribution in [3.8, 4) is 5.75 Å². The number of rotatable bonds is 6. The molecule has 0 aromatic heterocycles. The summed E-state index contributed by atoms with van der Waals surface area (Å²) in [5.41, 5.74) is 2.90. The first-order valence-corrected chi connectivity index (χ1v) is 12.1. The molecule has 1 amide bonds. The first-order valence-electron chi connectivity index (χ1n) is 12.1. The van der Waals surface area contributed by atoms with Gasteiger partial charge in [-0.1, -0.05) is 44.2 Å². The molecule has 0 radical (unpaired) electrons. The van der Waals surface area contributed by atoms with Crippen molar-refractivity contribution in [3.63, 3.8) is 0 Å². The molecule has 5 heteroatoms. The average molecular weight is 437 g/mol. The molecule has 172 valence electrons. The van der Waals surface area contributed by atoms with Crippen LogP contribution in [0.2, 0.25) is 0 Å². The Hall–Kier alpha value is -2.37. The van der Waals surface area contributed by atoms with Crippen LogP contribution in [0.1, 0.15) is 61.2 Å². The first-order chi connectivity index (χ1) is 15.6. The molecule has 4 rings (SSSR count). The molecule has 1 atom stereocenters. The number of likely N-dealkylation sites (N-methyl/N-ethyl adjacent to an activating group) is 1. The maximum Gasteiger partial charge on any atom is 0.253 e. The van der Waals surface area contributed by atoms with Crippen molar-refractivity contribution < 1.29 is 14.3 Å². The van der Waals surface area contributed by atoms with Crippen LogP contribution in [0.15, 0.2) is 48.5 Å². The molecule has 0 bridgehead atoms. The Kier molecular flexibility index (Phi) is 7.17. The lowest BCUT2D eigenvalue weighted by molar-refractivity contribution is -0.175. The summed E-state index contributed by atoms with van der Waals surface area (Å²) in [5, 5.41) is 0. The van der Waals surface area contributed by atoms with Gasteiger partial charge in [0.25, 0.3) is 5.91 Å². The lowest BCUT2D eigenvalue weighted by atomic mass is 9.87. The molecular weight excluding hydrogens is 400 g/mol. The Morgan fingerprint density at radius 3 is 2.50 bits per heavy atom. The Balaban J connectivity index is 1.45. The number of nitrogens with zero attached hydrogens (tertiary/aromatic N) is 2. The van der Waals surface area contributed by atoms with Crippen LogP contribution in [-0.2, 0) is 11.2 Å². The van der Waals surface area contributed by atoms with Gasteiger partial charge in [0.05, 0.1) is 18.3 Å². The van der Waals surface area contributed by atoms with Gasteiger partial charge in [-0.05, 0) is 62.1 Å². The molecule has 2 aromatic carbocycles. The number of benzene rings is 2. The number of morpholine rings is 1. The fourth-order valence-corrected chi connectivity index (χ4v) is 5.03. The van der Waals surface area contributed by atoms with Gasteiger partial charge in [-0.25, -0.2) is 0 Å². The molecule has 2 heterocycles. The van der Waals surface area contributed by atoms with Crippen molar-refractivity contribution in [2.24, 2.45) is 0 Å². The summed E-state index contributed by atoms with van der Waals surface area (Å²) in [4.78, 5) is 17.7. The summed E-state index contributed by atoms with van der Waals surface area (Å²) in [7, 11) is 0. The van der Waals surface area contributed by atoms with Crippen LogP contribution >= 0.6 is 0 Å². The molecule has 2 fully saturated rings. The highest BCUT2D eigenvalue weighted by molar-refractivity contribution is 5.94. The van der Waals surface area contributed by atoms with E-state index in [1.54, 1.807) is 0 Å². The highest BCUT2D eigenvalue weighted by Gasteiger charge is 2.43. The summed E-state index contributed by atoms with van der Waals surface area (Å²) in [6.07, 6.45) is 2.68. The minimum atomic E-state index is -0.182. The molecule has 0 N–H and O–H groups in total. The number of aryl methyl sites for hydroxylation is 1. The molecule has 5 nitrogen and oxygen atoms in total. The number of likely N-dealkylation sites (tertiary alicyclic amines) is 1. The number of ether oxygens (including phenoxy) is 2. The predicted octanol–water partition coefficient (Wildman–Crippen LogP) is 4.72. The molecule has 32 heavy (non-hydrogen) atoms. The van der Waals surface area contributed by atoms with E-state index >= 15 is 0 Å². The number of hydrogen-bond donors (Lipinski definition) is 0. The molecule has 0 aliphatic carbocycles. The van der Waals surface area contributed by atoms with E-state index < -0.39 is 0 Å². The molecule has 2 aromatic rings. The van der Waals surface area contributed by atoms with E-state index in [4.69, 9.17) is 9.47 Å². The van der Waals surface area contributed by atoms with Crippen LogP contribution in [0.4, 0.5) is 0 Å². The highest BCUT2D eigenvalue weighted by Crippen LogP contribution is 2.38. The van der Waals surface area contributed by atoms with E-state index in [2.05, 4.69) is 49.1 Å². The highest BCUT2D eigenvalue weighted by atomic mass is 16.5. The van der Waals surface area contributed by atoms with Crippen molar-refractivity contribution >= 4 is 5.91 Å². The van der Waals surface area contributed by atoms with Gasteiger partial charge in [0.2, 0.25) is 0 Å². The van der Waals surface area contributed by atoms with Crippen molar-refractivity contribution in [1.82, 2.24) is 9.80 Å². The summed E-state index contributed by atoms with van der Waals surface area (Å²) in [6, 6.07) is 16.4. The second-order valence-corrected chi connectivity index (χ2v) is 8.93. The Morgan fingerprint density at radius 2 is 1.84 bits per heavy atom. The average Bonchev–Trinajstić information content (AvgIpc) is 2.84. The second kappa shape index (κ2) is 10.1. The minimum absolute atomic E-state index is 0.0883. The number of carbonyl (C=O) groups excluding carboxylic acids is 1. The van der Waals surface area contributed by atoms with Crippen LogP contribution in [0, 0.1) is 0 Å². The van der Waals surface area contributed by atoms with Gasteiger partial charge in [-0.2, -0.15) is 0 Å². The summed E-state index contributed by atoms with van der Waals surface area (Å²) >= 11 is 0. The van der Waals surface area contributed by atoms with Gasteiger partial charge in [0.1, 0.15) is 5.75 Å². The number of amides is 1. The minimum Gasteiger partial charge on any atom is -0.494 e. The predicted molar refractivity (Wildman–Crippen MR) is 127 cm³/mol. The lowest BCUT2D eigenvalue weighted by Gasteiger charge is -2.50. The number of hydrogen-bond acceptors (Lipinski definition) is 4. The van der Waals surface area contributed by atoms with E-state index in [0.29, 0.717) is 6.61 Å². The Morgan fingerprint density at radius 1 is 1.09 bits per heavy atom. The van der Waals surface area contributed by atoms with E-state index in [-0.39, 0.29) is 17.6 Å². The third-order valence-corrected chi connectivity index (χ3v) is 6.90. The topological polar surface area (TPSA) is 42.0 Å². The van der Waals surface area contributed by atoms with Gasteiger partial charge in [-0.15, -0.1) is 0 Å². The van der Waals surface area contributed by atoms with Crippen LogP contribution in [0.25, 0.3) is 0 Å². The molecule has 2 aliphatic heterocycles.